The highest BCUT2D eigenvalue weighted by atomic mass is 19.1. The molecule has 112 valence electrons. The van der Waals surface area contributed by atoms with E-state index in [9.17, 15) is 4.39 Å². The number of hydrogen-bond acceptors (Lipinski definition) is 3. The van der Waals surface area contributed by atoms with Gasteiger partial charge in [-0.3, -0.25) is 4.98 Å². The molecule has 0 bridgehead atoms. The van der Waals surface area contributed by atoms with Crippen LogP contribution in [0.2, 0.25) is 0 Å². The molecule has 0 aromatic carbocycles. The molecule has 0 amide bonds. The van der Waals surface area contributed by atoms with Gasteiger partial charge in [0.1, 0.15) is 5.82 Å². The standard InChI is InChI=1S/C16H26FN3/c1-4-10-19-15(13-7-11-18-12-14(13)17)16(20(2)3)8-5-6-9-16/h7,11-12,15,19H,4-6,8-10H2,1-3H3. The van der Waals surface area contributed by atoms with E-state index < -0.39 is 0 Å². The van der Waals surface area contributed by atoms with Crippen LogP contribution in [0, 0.1) is 5.82 Å². The van der Waals surface area contributed by atoms with Gasteiger partial charge in [0.2, 0.25) is 0 Å². The molecule has 0 radical (unpaired) electrons. The van der Waals surface area contributed by atoms with Crippen LogP contribution in [0.25, 0.3) is 0 Å². The zero-order valence-corrected chi connectivity index (χ0v) is 12.8. The fourth-order valence-corrected chi connectivity index (χ4v) is 3.48. The van der Waals surface area contributed by atoms with Crippen LogP contribution in [0.3, 0.4) is 0 Å². The summed E-state index contributed by atoms with van der Waals surface area (Å²) in [5.41, 5.74) is 0.765. The van der Waals surface area contributed by atoms with Gasteiger partial charge in [-0.05, 0) is 46.0 Å². The van der Waals surface area contributed by atoms with Gasteiger partial charge in [0, 0.05) is 17.3 Å². The third-order valence-electron chi connectivity index (χ3n) is 4.61. The molecule has 3 nitrogen and oxygen atoms in total. The molecule has 1 unspecified atom stereocenters. The highest BCUT2D eigenvalue weighted by Crippen LogP contribution is 2.43. The van der Waals surface area contributed by atoms with Crippen LogP contribution in [0.15, 0.2) is 18.5 Å². The molecule has 1 fully saturated rings. The number of aromatic nitrogens is 1. The van der Waals surface area contributed by atoms with Gasteiger partial charge in [-0.25, -0.2) is 4.39 Å². The first-order chi connectivity index (χ1) is 9.62. The third-order valence-corrected chi connectivity index (χ3v) is 4.61. The van der Waals surface area contributed by atoms with Gasteiger partial charge in [-0.1, -0.05) is 19.8 Å². The second-order valence-electron chi connectivity index (χ2n) is 5.99. The molecule has 2 rings (SSSR count). The van der Waals surface area contributed by atoms with Crippen molar-refractivity contribution in [2.75, 3.05) is 20.6 Å². The lowest BCUT2D eigenvalue weighted by Crippen LogP contribution is -2.52. The number of halogens is 1. The van der Waals surface area contributed by atoms with Crippen LogP contribution in [0.5, 0.6) is 0 Å². The molecule has 1 atom stereocenters. The first-order valence-corrected chi connectivity index (χ1v) is 7.62. The first kappa shape index (κ1) is 15.4. The summed E-state index contributed by atoms with van der Waals surface area (Å²) in [6.45, 7) is 3.05. The van der Waals surface area contributed by atoms with E-state index in [1.807, 2.05) is 6.07 Å². The average Bonchev–Trinajstić information content (AvgIpc) is 2.92. The molecule has 1 saturated carbocycles. The topological polar surface area (TPSA) is 28.2 Å². The van der Waals surface area contributed by atoms with Crippen molar-refractivity contribution in [1.29, 1.82) is 0 Å². The number of nitrogens with zero attached hydrogens (tertiary/aromatic N) is 2. The van der Waals surface area contributed by atoms with Crippen molar-refractivity contribution in [2.24, 2.45) is 0 Å². The SMILES string of the molecule is CCCNC(c1ccncc1F)C1(N(C)C)CCCC1. The molecule has 1 aliphatic rings. The maximum absolute atomic E-state index is 14.2. The van der Waals surface area contributed by atoms with Crippen molar-refractivity contribution >= 4 is 0 Å². The minimum Gasteiger partial charge on any atom is -0.308 e. The Labute approximate surface area is 121 Å². The van der Waals surface area contributed by atoms with Gasteiger partial charge in [0.15, 0.2) is 0 Å². The molecule has 1 heterocycles. The normalized spacial score (nSPS) is 19.4. The molecular formula is C16H26FN3. The molecule has 1 N–H and O–H groups in total. The van der Waals surface area contributed by atoms with Crippen LogP contribution in [0.4, 0.5) is 4.39 Å². The van der Waals surface area contributed by atoms with Crippen molar-refractivity contribution in [2.45, 2.75) is 50.6 Å². The average molecular weight is 279 g/mol. The number of nitrogens with one attached hydrogen (secondary N) is 1. The molecule has 0 aliphatic heterocycles. The molecule has 1 aromatic rings. The summed E-state index contributed by atoms with van der Waals surface area (Å²) < 4.78 is 14.2. The van der Waals surface area contributed by atoms with Crippen LogP contribution in [0.1, 0.15) is 50.6 Å². The van der Waals surface area contributed by atoms with Crippen LogP contribution in [-0.4, -0.2) is 36.1 Å². The van der Waals surface area contributed by atoms with E-state index in [-0.39, 0.29) is 17.4 Å². The Hall–Kier alpha value is -1.00. The summed E-state index contributed by atoms with van der Waals surface area (Å²) in [6.07, 6.45) is 8.73. The zero-order valence-electron chi connectivity index (χ0n) is 12.8. The Morgan fingerprint density at radius 1 is 1.40 bits per heavy atom. The summed E-state index contributed by atoms with van der Waals surface area (Å²) in [6, 6.07) is 1.86. The number of likely N-dealkylation sites (N-methyl/N-ethyl adjacent to an activating group) is 1. The first-order valence-electron chi connectivity index (χ1n) is 7.62. The third kappa shape index (κ3) is 2.86. The van der Waals surface area contributed by atoms with Crippen molar-refractivity contribution in [3.05, 3.63) is 29.8 Å². The minimum absolute atomic E-state index is 0.0113. The van der Waals surface area contributed by atoms with Gasteiger partial charge in [0.05, 0.1) is 12.2 Å². The summed E-state index contributed by atoms with van der Waals surface area (Å²) in [7, 11) is 4.23. The Bertz CT molecular complexity index is 427. The Morgan fingerprint density at radius 2 is 2.10 bits per heavy atom. The molecule has 20 heavy (non-hydrogen) atoms. The molecular weight excluding hydrogens is 253 g/mol. The number of pyridine rings is 1. The fourth-order valence-electron chi connectivity index (χ4n) is 3.48. The van der Waals surface area contributed by atoms with Crippen LogP contribution in [-0.2, 0) is 0 Å². The molecule has 0 spiro atoms. The van der Waals surface area contributed by atoms with Crippen molar-refractivity contribution in [3.8, 4) is 0 Å². The Morgan fingerprint density at radius 3 is 2.65 bits per heavy atom. The van der Waals surface area contributed by atoms with E-state index in [1.54, 1.807) is 6.20 Å². The number of rotatable bonds is 6. The Kier molecular flexibility index (Phi) is 5.11. The lowest BCUT2D eigenvalue weighted by Gasteiger charge is -2.44. The largest absolute Gasteiger partial charge is 0.308 e. The smallest absolute Gasteiger partial charge is 0.146 e. The van der Waals surface area contributed by atoms with Gasteiger partial charge in [-0.15, -0.1) is 0 Å². The Balaban J connectivity index is 2.38. The predicted molar refractivity (Wildman–Crippen MR) is 80.1 cm³/mol. The maximum atomic E-state index is 14.2. The molecule has 4 heteroatoms. The van der Waals surface area contributed by atoms with Crippen LogP contribution >= 0.6 is 0 Å². The van der Waals surface area contributed by atoms with E-state index in [2.05, 4.69) is 36.2 Å². The highest BCUT2D eigenvalue weighted by Gasteiger charge is 2.44. The van der Waals surface area contributed by atoms with Crippen molar-refractivity contribution < 1.29 is 4.39 Å². The monoisotopic (exact) mass is 279 g/mol. The second-order valence-corrected chi connectivity index (χ2v) is 5.99. The van der Waals surface area contributed by atoms with E-state index in [1.165, 1.54) is 19.0 Å². The van der Waals surface area contributed by atoms with Gasteiger partial charge < -0.3 is 10.2 Å². The van der Waals surface area contributed by atoms with E-state index in [4.69, 9.17) is 0 Å². The molecule has 1 aromatic heterocycles. The van der Waals surface area contributed by atoms with E-state index in [0.717, 1.165) is 31.4 Å². The van der Waals surface area contributed by atoms with Gasteiger partial charge in [-0.2, -0.15) is 0 Å². The summed E-state index contributed by atoms with van der Waals surface area (Å²) in [5, 5.41) is 3.58. The van der Waals surface area contributed by atoms with Crippen molar-refractivity contribution in [1.82, 2.24) is 15.2 Å². The fraction of sp³-hybridized carbons (Fsp3) is 0.688. The number of hydrogen-bond donors (Lipinski definition) is 1. The highest BCUT2D eigenvalue weighted by molar-refractivity contribution is 5.23. The molecule has 0 saturated heterocycles. The maximum Gasteiger partial charge on any atom is 0.146 e. The quantitative estimate of drug-likeness (QED) is 0.867. The summed E-state index contributed by atoms with van der Waals surface area (Å²) in [4.78, 5) is 6.17. The minimum atomic E-state index is -0.200. The summed E-state index contributed by atoms with van der Waals surface area (Å²) >= 11 is 0. The van der Waals surface area contributed by atoms with Crippen molar-refractivity contribution in [3.63, 3.8) is 0 Å². The van der Waals surface area contributed by atoms with Gasteiger partial charge in [0.25, 0.3) is 0 Å². The van der Waals surface area contributed by atoms with E-state index in [0.29, 0.717) is 0 Å². The lowest BCUT2D eigenvalue weighted by molar-refractivity contribution is 0.103. The van der Waals surface area contributed by atoms with Crippen LogP contribution < -0.4 is 5.32 Å². The zero-order chi connectivity index (χ0) is 14.6. The predicted octanol–water partition coefficient (Wildman–Crippen LogP) is 3.14. The molecule has 1 aliphatic carbocycles. The lowest BCUT2D eigenvalue weighted by atomic mass is 9.82. The van der Waals surface area contributed by atoms with Gasteiger partial charge >= 0.3 is 0 Å². The van der Waals surface area contributed by atoms with E-state index >= 15 is 0 Å². The second kappa shape index (κ2) is 6.64. The summed E-state index contributed by atoms with van der Waals surface area (Å²) in [5.74, 6) is -0.200.